The predicted molar refractivity (Wildman–Crippen MR) is 141 cm³/mol. The minimum atomic E-state index is -0.431. The van der Waals surface area contributed by atoms with E-state index in [1.807, 2.05) is 39.5 Å². The van der Waals surface area contributed by atoms with Gasteiger partial charge in [-0.3, -0.25) is 9.80 Å². The molecule has 1 aromatic carbocycles. The average molecular weight is 471 g/mol. The molecule has 6 heteroatoms. The lowest BCUT2D eigenvalue weighted by Gasteiger charge is -2.35. The smallest absolute Gasteiger partial charge is 0.410 e. The fourth-order valence-electron chi connectivity index (χ4n) is 5.14. The van der Waals surface area contributed by atoms with Gasteiger partial charge >= 0.3 is 6.09 Å². The number of carbonyl (C=O) groups excluding carboxylic acids is 1. The van der Waals surface area contributed by atoms with Crippen LogP contribution < -0.4 is 0 Å². The molecule has 0 unspecified atom stereocenters. The topological polar surface area (TPSA) is 41.0 Å². The Morgan fingerprint density at radius 3 is 2.32 bits per heavy atom. The van der Waals surface area contributed by atoms with Crippen LogP contribution in [-0.4, -0.2) is 76.8 Å². The van der Waals surface area contributed by atoms with Gasteiger partial charge in [0.05, 0.1) is 0 Å². The van der Waals surface area contributed by atoms with Crippen LogP contribution in [0, 0.1) is 0 Å². The van der Waals surface area contributed by atoms with Gasteiger partial charge in [0.2, 0.25) is 0 Å². The summed E-state index contributed by atoms with van der Waals surface area (Å²) in [6.07, 6.45) is 3.32. The number of para-hydroxylation sites is 1. The van der Waals surface area contributed by atoms with Gasteiger partial charge < -0.3 is 14.2 Å². The molecule has 1 saturated heterocycles. The molecule has 34 heavy (non-hydrogen) atoms. The number of amides is 1. The van der Waals surface area contributed by atoms with Crippen LogP contribution in [0.15, 0.2) is 24.3 Å². The first-order valence-electron chi connectivity index (χ1n) is 13.4. The van der Waals surface area contributed by atoms with Gasteiger partial charge in [-0.25, -0.2) is 4.79 Å². The van der Waals surface area contributed by atoms with Crippen molar-refractivity contribution in [1.82, 2.24) is 19.3 Å². The number of nitrogens with zero attached hydrogens (tertiary/aromatic N) is 4. The summed E-state index contributed by atoms with van der Waals surface area (Å²) in [7, 11) is 0. The number of hydrogen-bond donors (Lipinski definition) is 0. The van der Waals surface area contributed by atoms with Crippen molar-refractivity contribution >= 4 is 17.0 Å². The first-order valence-corrected chi connectivity index (χ1v) is 13.4. The van der Waals surface area contributed by atoms with Gasteiger partial charge in [0.15, 0.2) is 0 Å². The highest BCUT2D eigenvalue weighted by Crippen LogP contribution is 2.31. The van der Waals surface area contributed by atoms with Crippen molar-refractivity contribution < 1.29 is 9.53 Å². The molecule has 0 radical (unpaired) electrons. The van der Waals surface area contributed by atoms with Crippen molar-refractivity contribution in [3.05, 3.63) is 35.5 Å². The SMILES string of the molecule is CC.CCCN1CCc2c(n(CCCN3CCN(C(=O)OC(C)(C)C)CC3)c3ccccc23)C1. The van der Waals surface area contributed by atoms with E-state index in [2.05, 4.69) is 45.6 Å². The molecule has 1 aromatic heterocycles. The first kappa shape index (κ1) is 26.6. The number of hydrogen-bond acceptors (Lipinski definition) is 4. The molecule has 2 aromatic rings. The zero-order valence-corrected chi connectivity index (χ0v) is 22.4. The number of piperazine rings is 1. The van der Waals surface area contributed by atoms with Crippen molar-refractivity contribution in [1.29, 1.82) is 0 Å². The lowest BCUT2D eigenvalue weighted by atomic mass is 10.0. The van der Waals surface area contributed by atoms with Crippen molar-refractivity contribution in [2.45, 2.75) is 79.5 Å². The van der Waals surface area contributed by atoms with E-state index in [-0.39, 0.29) is 6.09 Å². The van der Waals surface area contributed by atoms with E-state index < -0.39 is 5.60 Å². The molecular weight excluding hydrogens is 424 g/mol. The van der Waals surface area contributed by atoms with Crippen molar-refractivity contribution in [2.24, 2.45) is 0 Å². The minimum absolute atomic E-state index is 0.181. The highest BCUT2D eigenvalue weighted by Gasteiger charge is 2.26. The summed E-state index contributed by atoms with van der Waals surface area (Å²) in [6.45, 7) is 21.0. The second-order valence-corrected chi connectivity index (χ2v) is 10.3. The van der Waals surface area contributed by atoms with E-state index in [1.165, 1.54) is 36.1 Å². The number of ether oxygens (including phenoxy) is 1. The third-order valence-corrected chi connectivity index (χ3v) is 6.67. The second-order valence-electron chi connectivity index (χ2n) is 10.3. The summed E-state index contributed by atoms with van der Waals surface area (Å²) in [6, 6.07) is 8.94. The van der Waals surface area contributed by atoms with Crippen LogP contribution in [0.25, 0.3) is 10.9 Å². The molecule has 2 aliphatic heterocycles. The molecule has 6 nitrogen and oxygen atoms in total. The van der Waals surface area contributed by atoms with Crippen LogP contribution in [0.1, 0.15) is 65.6 Å². The molecule has 0 aliphatic carbocycles. The van der Waals surface area contributed by atoms with E-state index in [4.69, 9.17) is 4.74 Å². The maximum atomic E-state index is 12.3. The summed E-state index contributed by atoms with van der Waals surface area (Å²) in [5.74, 6) is 0. The van der Waals surface area contributed by atoms with Gasteiger partial charge in [-0.05, 0) is 64.8 Å². The van der Waals surface area contributed by atoms with Crippen molar-refractivity contribution in [3.63, 3.8) is 0 Å². The Balaban J connectivity index is 0.00000158. The third kappa shape index (κ3) is 6.54. The van der Waals surface area contributed by atoms with Crippen molar-refractivity contribution in [3.8, 4) is 0 Å². The summed E-state index contributed by atoms with van der Waals surface area (Å²) < 4.78 is 8.11. The maximum absolute atomic E-state index is 12.3. The summed E-state index contributed by atoms with van der Waals surface area (Å²) in [5, 5.41) is 1.45. The molecule has 2 aliphatic rings. The zero-order valence-electron chi connectivity index (χ0n) is 22.4. The average Bonchev–Trinajstić information content (AvgIpc) is 3.13. The van der Waals surface area contributed by atoms with Gasteiger partial charge in [-0.15, -0.1) is 0 Å². The van der Waals surface area contributed by atoms with Crippen LogP contribution in [0.4, 0.5) is 4.79 Å². The molecule has 1 fully saturated rings. The molecular formula is C28H46N4O2. The Morgan fingerprint density at radius 2 is 1.65 bits per heavy atom. The van der Waals surface area contributed by atoms with E-state index >= 15 is 0 Å². The van der Waals surface area contributed by atoms with Crippen LogP contribution in [0.3, 0.4) is 0 Å². The van der Waals surface area contributed by atoms with Gasteiger partial charge in [0, 0.05) is 62.4 Å². The van der Waals surface area contributed by atoms with E-state index in [9.17, 15) is 4.79 Å². The van der Waals surface area contributed by atoms with E-state index in [0.717, 1.165) is 58.7 Å². The standard InChI is InChI=1S/C26H40N4O2.C2H6/c1-5-12-28-15-11-22-21-9-6-7-10-23(21)30(24(22)20-28)14-8-13-27-16-18-29(19-17-27)25(31)32-26(2,3)4;1-2/h6-7,9-10H,5,8,11-20H2,1-4H3;1-2H3. The fourth-order valence-corrected chi connectivity index (χ4v) is 5.14. The largest absolute Gasteiger partial charge is 0.444 e. The minimum Gasteiger partial charge on any atom is -0.444 e. The number of aromatic nitrogens is 1. The van der Waals surface area contributed by atoms with Crippen LogP contribution in [-0.2, 0) is 24.2 Å². The number of carbonyl (C=O) groups is 1. The molecule has 190 valence electrons. The number of aryl methyl sites for hydroxylation is 1. The molecule has 4 rings (SSSR count). The number of benzene rings is 1. The lowest BCUT2D eigenvalue weighted by molar-refractivity contribution is 0.0144. The van der Waals surface area contributed by atoms with Gasteiger partial charge in [-0.1, -0.05) is 39.0 Å². The van der Waals surface area contributed by atoms with Crippen LogP contribution in [0.5, 0.6) is 0 Å². The molecule has 0 atom stereocenters. The number of fused-ring (bicyclic) bond motifs is 3. The van der Waals surface area contributed by atoms with E-state index in [1.54, 1.807) is 5.56 Å². The Kier molecular flexibility index (Phi) is 9.43. The van der Waals surface area contributed by atoms with Gasteiger partial charge in [0.25, 0.3) is 0 Å². The first-order chi connectivity index (χ1) is 16.4. The summed E-state index contributed by atoms with van der Waals surface area (Å²) in [4.78, 5) is 19.2. The molecule has 0 saturated carbocycles. The third-order valence-electron chi connectivity index (χ3n) is 6.67. The second kappa shape index (κ2) is 12.1. The predicted octanol–water partition coefficient (Wildman–Crippen LogP) is 5.38. The normalized spacial score (nSPS) is 17.3. The highest BCUT2D eigenvalue weighted by atomic mass is 16.6. The zero-order chi connectivity index (χ0) is 24.7. The van der Waals surface area contributed by atoms with Crippen molar-refractivity contribution in [2.75, 3.05) is 45.8 Å². The quantitative estimate of drug-likeness (QED) is 0.568. The van der Waals surface area contributed by atoms with Gasteiger partial charge in [0.1, 0.15) is 5.60 Å². The van der Waals surface area contributed by atoms with Gasteiger partial charge in [-0.2, -0.15) is 0 Å². The molecule has 0 spiro atoms. The molecule has 0 N–H and O–H groups in total. The molecule has 1 amide bonds. The van der Waals surface area contributed by atoms with E-state index in [0.29, 0.717) is 0 Å². The fraction of sp³-hybridized carbons (Fsp3) is 0.679. The monoisotopic (exact) mass is 470 g/mol. The highest BCUT2D eigenvalue weighted by molar-refractivity contribution is 5.85. The Labute approximate surface area is 206 Å². The maximum Gasteiger partial charge on any atom is 0.410 e. The Bertz CT molecular complexity index is 922. The van der Waals surface area contributed by atoms with Crippen LogP contribution in [0.2, 0.25) is 0 Å². The lowest BCUT2D eigenvalue weighted by Crippen LogP contribution is -2.50. The summed E-state index contributed by atoms with van der Waals surface area (Å²) >= 11 is 0. The Hall–Kier alpha value is -2.05. The molecule has 3 heterocycles. The van der Waals surface area contributed by atoms with Crippen LogP contribution >= 0.6 is 0 Å². The Morgan fingerprint density at radius 1 is 0.941 bits per heavy atom. The number of rotatable bonds is 6. The molecule has 0 bridgehead atoms. The summed E-state index contributed by atoms with van der Waals surface area (Å²) in [5.41, 5.74) is 4.06.